The smallest absolute Gasteiger partial charge is 0.312 e. The van der Waals surface area contributed by atoms with Crippen LogP contribution in [0, 0.1) is 5.41 Å². The summed E-state index contributed by atoms with van der Waals surface area (Å²) < 4.78 is 5.48. The van der Waals surface area contributed by atoms with Crippen LogP contribution in [0.25, 0.3) is 0 Å². The predicted molar refractivity (Wildman–Crippen MR) is 70.9 cm³/mol. The number of ether oxygens (including phenoxy) is 1. The van der Waals surface area contributed by atoms with E-state index in [1.807, 2.05) is 0 Å². The molecule has 0 amide bonds. The van der Waals surface area contributed by atoms with Crippen molar-refractivity contribution in [2.45, 2.75) is 78.1 Å². The van der Waals surface area contributed by atoms with E-state index >= 15 is 0 Å². The Hall–Kier alpha value is -0.530. The maximum atomic E-state index is 12.3. The molecule has 0 aliphatic heterocycles. The molecule has 0 unspecified atom stereocenters. The average Bonchev–Trinajstić information content (AvgIpc) is 2.37. The van der Waals surface area contributed by atoms with Gasteiger partial charge in [-0.3, -0.25) is 4.79 Å². The van der Waals surface area contributed by atoms with E-state index in [9.17, 15) is 4.79 Å². The van der Waals surface area contributed by atoms with E-state index in [2.05, 4.69) is 13.8 Å². The molecule has 2 nitrogen and oxygen atoms in total. The van der Waals surface area contributed by atoms with Gasteiger partial charge in [0.05, 0.1) is 12.0 Å². The van der Waals surface area contributed by atoms with Crippen molar-refractivity contribution in [1.29, 1.82) is 0 Å². The molecule has 0 bridgehead atoms. The monoisotopic (exact) mass is 240 g/mol. The Balaban J connectivity index is 2.51. The SMILES string of the molecule is CCCCOC(=O)C1(CCCC)CCCCC1. The summed E-state index contributed by atoms with van der Waals surface area (Å²) in [5.74, 6) is 0.0964. The molecular formula is C15H28O2. The summed E-state index contributed by atoms with van der Waals surface area (Å²) in [7, 11) is 0. The second kappa shape index (κ2) is 7.73. The van der Waals surface area contributed by atoms with Crippen LogP contribution in [0.5, 0.6) is 0 Å². The summed E-state index contributed by atoms with van der Waals surface area (Å²) in [5.41, 5.74) is -0.123. The minimum Gasteiger partial charge on any atom is -0.465 e. The Labute approximate surface area is 106 Å². The molecule has 0 aromatic heterocycles. The zero-order valence-electron chi connectivity index (χ0n) is 11.6. The normalized spacial score (nSPS) is 18.9. The molecule has 17 heavy (non-hydrogen) atoms. The summed E-state index contributed by atoms with van der Waals surface area (Å²) in [6, 6.07) is 0. The lowest BCUT2D eigenvalue weighted by atomic mass is 9.71. The van der Waals surface area contributed by atoms with Crippen LogP contribution in [-0.2, 0) is 9.53 Å². The number of hydrogen-bond acceptors (Lipinski definition) is 2. The van der Waals surface area contributed by atoms with Crippen LogP contribution in [-0.4, -0.2) is 12.6 Å². The van der Waals surface area contributed by atoms with Crippen LogP contribution < -0.4 is 0 Å². The number of esters is 1. The highest BCUT2D eigenvalue weighted by atomic mass is 16.5. The van der Waals surface area contributed by atoms with E-state index in [0.717, 1.165) is 38.5 Å². The Morgan fingerprint density at radius 3 is 2.29 bits per heavy atom. The van der Waals surface area contributed by atoms with E-state index in [1.54, 1.807) is 0 Å². The number of rotatable bonds is 7. The minimum atomic E-state index is -0.123. The van der Waals surface area contributed by atoms with Gasteiger partial charge in [0.25, 0.3) is 0 Å². The number of carbonyl (C=O) groups is 1. The summed E-state index contributed by atoms with van der Waals surface area (Å²) in [6.07, 6.45) is 11.2. The van der Waals surface area contributed by atoms with Crippen molar-refractivity contribution in [2.75, 3.05) is 6.61 Å². The van der Waals surface area contributed by atoms with E-state index in [0.29, 0.717) is 6.61 Å². The largest absolute Gasteiger partial charge is 0.465 e. The van der Waals surface area contributed by atoms with Crippen molar-refractivity contribution >= 4 is 5.97 Å². The third-order valence-electron chi connectivity index (χ3n) is 3.98. The van der Waals surface area contributed by atoms with Gasteiger partial charge in [-0.2, -0.15) is 0 Å². The molecule has 0 atom stereocenters. The molecule has 0 N–H and O–H groups in total. The van der Waals surface area contributed by atoms with E-state index in [-0.39, 0.29) is 11.4 Å². The number of hydrogen-bond donors (Lipinski definition) is 0. The summed E-state index contributed by atoms with van der Waals surface area (Å²) in [4.78, 5) is 12.3. The Kier molecular flexibility index (Phi) is 6.61. The molecule has 1 aliphatic rings. The van der Waals surface area contributed by atoms with E-state index < -0.39 is 0 Å². The van der Waals surface area contributed by atoms with Crippen molar-refractivity contribution in [1.82, 2.24) is 0 Å². The zero-order chi connectivity index (χ0) is 12.6. The quantitative estimate of drug-likeness (QED) is 0.485. The first kappa shape index (κ1) is 14.5. The zero-order valence-corrected chi connectivity index (χ0v) is 11.6. The van der Waals surface area contributed by atoms with Gasteiger partial charge in [0.1, 0.15) is 0 Å². The topological polar surface area (TPSA) is 26.3 Å². The predicted octanol–water partition coefficient (Wildman–Crippen LogP) is 4.47. The molecular weight excluding hydrogens is 212 g/mol. The molecule has 1 fully saturated rings. The van der Waals surface area contributed by atoms with Crippen molar-refractivity contribution in [2.24, 2.45) is 5.41 Å². The fraction of sp³-hybridized carbons (Fsp3) is 0.933. The molecule has 1 saturated carbocycles. The lowest BCUT2D eigenvalue weighted by Gasteiger charge is -2.35. The molecule has 0 saturated heterocycles. The van der Waals surface area contributed by atoms with Gasteiger partial charge in [-0.25, -0.2) is 0 Å². The van der Waals surface area contributed by atoms with Gasteiger partial charge in [-0.05, 0) is 25.7 Å². The van der Waals surface area contributed by atoms with Crippen molar-refractivity contribution in [3.63, 3.8) is 0 Å². The second-order valence-corrected chi connectivity index (χ2v) is 5.43. The summed E-state index contributed by atoms with van der Waals surface area (Å²) in [5, 5.41) is 0. The average molecular weight is 240 g/mol. The molecule has 0 aromatic rings. The van der Waals surface area contributed by atoms with Gasteiger partial charge in [-0.15, -0.1) is 0 Å². The highest BCUT2D eigenvalue weighted by Crippen LogP contribution is 2.41. The van der Waals surface area contributed by atoms with Gasteiger partial charge in [0, 0.05) is 0 Å². The highest BCUT2D eigenvalue weighted by Gasteiger charge is 2.39. The van der Waals surface area contributed by atoms with Gasteiger partial charge in [-0.1, -0.05) is 52.4 Å². The first-order valence-corrected chi connectivity index (χ1v) is 7.42. The molecule has 0 radical (unpaired) electrons. The van der Waals surface area contributed by atoms with E-state index in [1.165, 1.54) is 25.7 Å². The van der Waals surface area contributed by atoms with Gasteiger partial charge < -0.3 is 4.74 Å². The molecule has 0 spiro atoms. The second-order valence-electron chi connectivity index (χ2n) is 5.43. The van der Waals surface area contributed by atoms with Crippen LogP contribution in [0.3, 0.4) is 0 Å². The number of carbonyl (C=O) groups excluding carboxylic acids is 1. The Morgan fingerprint density at radius 2 is 1.71 bits per heavy atom. The van der Waals surface area contributed by atoms with Crippen LogP contribution in [0.1, 0.15) is 78.1 Å². The van der Waals surface area contributed by atoms with Crippen LogP contribution in [0.2, 0.25) is 0 Å². The van der Waals surface area contributed by atoms with Gasteiger partial charge in [0.15, 0.2) is 0 Å². The molecule has 0 aromatic carbocycles. The molecule has 1 rings (SSSR count). The van der Waals surface area contributed by atoms with E-state index in [4.69, 9.17) is 4.74 Å². The first-order chi connectivity index (χ1) is 8.25. The Bertz CT molecular complexity index is 217. The highest BCUT2D eigenvalue weighted by molar-refractivity contribution is 5.76. The third-order valence-corrected chi connectivity index (χ3v) is 3.98. The van der Waals surface area contributed by atoms with Crippen molar-refractivity contribution in [3.8, 4) is 0 Å². The van der Waals surface area contributed by atoms with Crippen LogP contribution in [0.4, 0.5) is 0 Å². The third kappa shape index (κ3) is 4.33. The number of unbranched alkanes of at least 4 members (excludes halogenated alkanes) is 2. The molecule has 2 heteroatoms. The minimum absolute atomic E-state index is 0.0964. The molecule has 1 aliphatic carbocycles. The molecule has 0 heterocycles. The fourth-order valence-electron chi connectivity index (χ4n) is 2.76. The first-order valence-electron chi connectivity index (χ1n) is 7.42. The van der Waals surface area contributed by atoms with Crippen LogP contribution >= 0.6 is 0 Å². The molecule has 100 valence electrons. The standard InChI is InChI=1S/C15H28O2/c1-3-5-10-15(11-8-7-9-12-15)14(16)17-13-6-4-2/h3-13H2,1-2H3. The van der Waals surface area contributed by atoms with Gasteiger partial charge >= 0.3 is 5.97 Å². The van der Waals surface area contributed by atoms with Crippen molar-refractivity contribution < 1.29 is 9.53 Å². The summed E-state index contributed by atoms with van der Waals surface area (Å²) in [6.45, 7) is 4.93. The summed E-state index contributed by atoms with van der Waals surface area (Å²) >= 11 is 0. The Morgan fingerprint density at radius 1 is 1.06 bits per heavy atom. The maximum absolute atomic E-state index is 12.3. The van der Waals surface area contributed by atoms with Crippen LogP contribution in [0.15, 0.2) is 0 Å². The van der Waals surface area contributed by atoms with Crippen molar-refractivity contribution in [3.05, 3.63) is 0 Å². The van der Waals surface area contributed by atoms with Gasteiger partial charge in [0.2, 0.25) is 0 Å². The fourth-order valence-corrected chi connectivity index (χ4v) is 2.76. The maximum Gasteiger partial charge on any atom is 0.312 e. The lowest BCUT2D eigenvalue weighted by molar-refractivity contribution is -0.159. The lowest BCUT2D eigenvalue weighted by Crippen LogP contribution is -2.35.